The van der Waals surface area contributed by atoms with Crippen molar-refractivity contribution < 1.29 is 13.2 Å². The SMILES string of the molecule is Cc1ccccc1CN(CC(=O)NCC(C)C)S(C)(=O)=O. The largest absolute Gasteiger partial charge is 0.355 e. The van der Waals surface area contributed by atoms with Crippen molar-refractivity contribution in [2.24, 2.45) is 5.92 Å². The molecule has 6 heteroatoms. The maximum atomic E-state index is 11.9. The summed E-state index contributed by atoms with van der Waals surface area (Å²) in [4.78, 5) is 11.9. The minimum absolute atomic E-state index is 0.153. The van der Waals surface area contributed by atoms with Gasteiger partial charge in [0.2, 0.25) is 15.9 Å². The monoisotopic (exact) mass is 312 g/mol. The Kier molecular flexibility index (Phi) is 6.36. The molecule has 0 radical (unpaired) electrons. The summed E-state index contributed by atoms with van der Waals surface area (Å²) in [5.41, 5.74) is 1.91. The van der Waals surface area contributed by atoms with Gasteiger partial charge in [-0.05, 0) is 24.0 Å². The van der Waals surface area contributed by atoms with Crippen molar-refractivity contribution in [3.05, 3.63) is 35.4 Å². The molecule has 0 saturated carbocycles. The summed E-state index contributed by atoms with van der Waals surface area (Å²) in [6.07, 6.45) is 1.13. The molecule has 0 saturated heterocycles. The van der Waals surface area contributed by atoms with Gasteiger partial charge in [0.1, 0.15) is 0 Å². The molecule has 0 atom stereocenters. The number of aryl methyl sites for hydroxylation is 1. The highest BCUT2D eigenvalue weighted by molar-refractivity contribution is 7.88. The summed E-state index contributed by atoms with van der Waals surface area (Å²) < 4.78 is 24.9. The predicted molar refractivity (Wildman–Crippen MR) is 84.3 cm³/mol. The van der Waals surface area contributed by atoms with Crippen molar-refractivity contribution >= 4 is 15.9 Å². The summed E-state index contributed by atoms with van der Waals surface area (Å²) in [5.74, 6) is 0.0553. The van der Waals surface area contributed by atoms with Gasteiger partial charge < -0.3 is 5.32 Å². The van der Waals surface area contributed by atoms with Gasteiger partial charge in [0.15, 0.2) is 0 Å². The van der Waals surface area contributed by atoms with Gasteiger partial charge >= 0.3 is 0 Å². The molecule has 0 unspecified atom stereocenters. The van der Waals surface area contributed by atoms with Gasteiger partial charge in [-0.2, -0.15) is 4.31 Å². The van der Waals surface area contributed by atoms with E-state index in [1.165, 1.54) is 4.31 Å². The molecule has 5 nitrogen and oxygen atoms in total. The standard InChI is InChI=1S/C15H24N2O3S/c1-12(2)9-16-15(18)11-17(21(4,19)20)10-14-8-6-5-7-13(14)3/h5-8,12H,9-11H2,1-4H3,(H,16,18). The van der Waals surface area contributed by atoms with E-state index in [0.717, 1.165) is 17.4 Å². The molecule has 0 aliphatic rings. The third-order valence-electron chi connectivity index (χ3n) is 3.10. The number of amides is 1. The number of carbonyl (C=O) groups excluding carboxylic acids is 1. The second kappa shape index (κ2) is 7.56. The van der Waals surface area contributed by atoms with E-state index in [4.69, 9.17) is 0 Å². The van der Waals surface area contributed by atoms with Gasteiger partial charge in [0, 0.05) is 13.1 Å². The molecular weight excluding hydrogens is 288 g/mol. The number of nitrogens with one attached hydrogen (secondary N) is 1. The number of carbonyl (C=O) groups is 1. The molecule has 0 spiro atoms. The quantitative estimate of drug-likeness (QED) is 0.830. The lowest BCUT2D eigenvalue weighted by Crippen LogP contribution is -2.40. The molecule has 0 aromatic heterocycles. The molecular formula is C15H24N2O3S. The van der Waals surface area contributed by atoms with Crippen LogP contribution in [0, 0.1) is 12.8 Å². The first-order valence-electron chi connectivity index (χ1n) is 6.96. The molecule has 0 heterocycles. The Balaban J connectivity index is 2.79. The summed E-state index contributed by atoms with van der Waals surface area (Å²) in [6.45, 7) is 6.50. The van der Waals surface area contributed by atoms with Crippen LogP contribution >= 0.6 is 0 Å². The van der Waals surface area contributed by atoms with E-state index in [2.05, 4.69) is 5.32 Å². The number of hydrogen-bond donors (Lipinski definition) is 1. The van der Waals surface area contributed by atoms with Crippen molar-refractivity contribution in [2.45, 2.75) is 27.3 Å². The van der Waals surface area contributed by atoms with Crippen molar-refractivity contribution in [1.29, 1.82) is 0 Å². The zero-order valence-electron chi connectivity index (χ0n) is 13.1. The van der Waals surface area contributed by atoms with E-state index >= 15 is 0 Å². The zero-order valence-corrected chi connectivity index (χ0v) is 13.9. The van der Waals surface area contributed by atoms with E-state index in [9.17, 15) is 13.2 Å². The number of hydrogen-bond acceptors (Lipinski definition) is 3. The van der Waals surface area contributed by atoms with Crippen LogP contribution in [0.3, 0.4) is 0 Å². The molecule has 1 rings (SSSR count). The predicted octanol–water partition coefficient (Wildman–Crippen LogP) is 1.53. The highest BCUT2D eigenvalue weighted by Gasteiger charge is 2.21. The first kappa shape index (κ1) is 17.7. The average Bonchev–Trinajstić information content (AvgIpc) is 2.37. The van der Waals surface area contributed by atoms with Gasteiger partial charge in [0.05, 0.1) is 12.8 Å². The second-order valence-electron chi connectivity index (χ2n) is 5.66. The Bertz CT molecular complexity index is 582. The van der Waals surface area contributed by atoms with Gasteiger partial charge in [-0.3, -0.25) is 4.79 Å². The minimum Gasteiger partial charge on any atom is -0.355 e. The maximum Gasteiger partial charge on any atom is 0.235 e. The molecule has 118 valence electrons. The Morgan fingerprint density at radius 3 is 2.43 bits per heavy atom. The number of benzene rings is 1. The Morgan fingerprint density at radius 1 is 1.29 bits per heavy atom. The number of rotatable bonds is 7. The summed E-state index contributed by atoms with van der Waals surface area (Å²) in [5, 5.41) is 2.74. The molecule has 21 heavy (non-hydrogen) atoms. The topological polar surface area (TPSA) is 66.5 Å². The van der Waals surface area contributed by atoms with E-state index in [0.29, 0.717) is 12.5 Å². The van der Waals surface area contributed by atoms with Crippen molar-refractivity contribution in [1.82, 2.24) is 9.62 Å². The third kappa shape index (κ3) is 6.27. The van der Waals surface area contributed by atoms with E-state index < -0.39 is 10.0 Å². The van der Waals surface area contributed by atoms with Crippen LogP contribution in [0.15, 0.2) is 24.3 Å². The second-order valence-corrected chi connectivity index (χ2v) is 7.64. The highest BCUT2D eigenvalue weighted by atomic mass is 32.2. The Morgan fingerprint density at radius 2 is 1.90 bits per heavy atom. The lowest BCUT2D eigenvalue weighted by atomic mass is 10.1. The van der Waals surface area contributed by atoms with Crippen LogP contribution in [-0.2, 0) is 21.4 Å². The van der Waals surface area contributed by atoms with Crippen LogP contribution in [0.1, 0.15) is 25.0 Å². The Labute approximate surface area is 127 Å². The van der Waals surface area contributed by atoms with Crippen LogP contribution in [0.2, 0.25) is 0 Å². The molecule has 0 aliphatic carbocycles. The van der Waals surface area contributed by atoms with E-state index in [-0.39, 0.29) is 19.0 Å². The molecule has 1 N–H and O–H groups in total. The smallest absolute Gasteiger partial charge is 0.235 e. The maximum absolute atomic E-state index is 11.9. The molecule has 0 fully saturated rings. The molecule has 1 aromatic rings. The van der Waals surface area contributed by atoms with Crippen LogP contribution < -0.4 is 5.32 Å². The first-order chi connectivity index (χ1) is 9.70. The van der Waals surface area contributed by atoms with Crippen molar-refractivity contribution in [3.8, 4) is 0 Å². The van der Waals surface area contributed by atoms with Gasteiger partial charge in [-0.1, -0.05) is 38.1 Å². The van der Waals surface area contributed by atoms with Crippen LogP contribution in [0.5, 0.6) is 0 Å². The van der Waals surface area contributed by atoms with Crippen LogP contribution in [0.4, 0.5) is 0 Å². The molecule has 0 bridgehead atoms. The first-order valence-corrected chi connectivity index (χ1v) is 8.81. The third-order valence-corrected chi connectivity index (χ3v) is 4.30. The van der Waals surface area contributed by atoms with E-state index in [1.54, 1.807) is 0 Å². The summed E-state index contributed by atoms with van der Waals surface area (Å²) in [6, 6.07) is 7.56. The van der Waals surface area contributed by atoms with Crippen LogP contribution in [-0.4, -0.2) is 38.0 Å². The minimum atomic E-state index is -3.44. The van der Waals surface area contributed by atoms with Crippen molar-refractivity contribution in [3.63, 3.8) is 0 Å². The van der Waals surface area contributed by atoms with Crippen molar-refractivity contribution in [2.75, 3.05) is 19.3 Å². The van der Waals surface area contributed by atoms with Gasteiger partial charge in [-0.15, -0.1) is 0 Å². The number of sulfonamides is 1. The van der Waals surface area contributed by atoms with E-state index in [1.807, 2.05) is 45.0 Å². The molecule has 1 aromatic carbocycles. The fourth-order valence-electron chi connectivity index (χ4n) is 1.80. The normalized spacial score (nSPS) is 11.9. The number of nitrogens with zero attached hydrogens (tertiary/aromatic N) is 1. The summed E-state index contributed by atoms with van der Waals surface area (Å²) in [7, 11) is -3.44. The zero-order chi connectivity index (χ0) is 16.0. The molecule has 0 aliphatic heterocycles. The summed E-state index contributed by atoms with van der Waals surface area (Å²) >= 11 is 0. The van der Waals surface area contributed by atoms with Gasteiger partial charge in [-0.25, -0.2) is 8.42 Å². The van der Waals surface area contributed by atoms with Crippen LogP contribution in [0.25, 0.3) is 0 Å². The lowest BCUT2D eigenvalue weighted by Gasteiger charge is -2.21. The molecule has 1 amide bonds. The fraction of sp³-hybridized carbons (Fsp3) is 0.533. The van der Waals surface area contributed by atoms with Gasteiger partial charge in [0.25, 0.3) is 0 Å². The highest BCUT2D eigenvalue weighted by Crippen LogP contribution is 2.12. The fourth-order valence-corrected chi connectivity index (χ4v) is 2.53. The lowest BCUT2D eigenvalue weighted by molar-refractivity contribution is -0.121. The average molecular weight is 312 g/mol. The Hall–Kier alpha value is -1.40.